The van der Waals surface area contributed by atoms with Crippen molar-refractivity contribution in [3.05, 3.63) is 30.0 Å². The van der Waals surface area contributed by atoms with Crippen LogP contribution < -0.4 is 10.6 Å². The average Bonchev–Trinajstić information content (AvgIpc) is 3.13. The number of hydrogen-bond acceptors (Lipinski definition) is 5. The fraction of sp³-hybridized carbons (Fsp3) is 0.500. The second-order valence-electron chi connectivity index (χ2n) is 6.14. The van der Waals surface area contributed by atoms with E-state index in [1.807, 2.05) is 32.0 Å². The van der Waals surface area contributed by atoms with Crippen LogP contribution in [0.15, 0.2) is 28.7 Å². The van der Waals surface area contributed by atoms with Gasteiger partial charge in [-0.3, -0.25) is 4.79 Å². The van der Waals surface area contributed by atoms with Crippen molar-refractivity contribution >= 4 is 28.7 Å². The van der Waals surface area contributed by atoms with Gasteiger partial charge in [0.2, 0.25) is 0 Å². The van der Waals surface area contributed by atoms with Gasteiger partial charge >= 0.3 is 6.09 Å². The second kappa shape index (κ2) is 9.85. The molecule has 148 valence electrons. The summed E-state index contributed by atoms with van der Waals surface area (Å²) >= 11 is 0. The molecule has 1 fully saturated rings. The number of furan rings is 1. The number of carbonyl (C=O) groups is 2. The number of amides is 2. The maximum Gasteiger partial charge on any atom is 0.409 e. The number of nitrogens with zero attached hydrogens (tertiary/aromatic N) is 2. The summed E-state index contributed by atoms with van der Waals surface area (Å²) in [7, 11) is 0. The minimum Gasteiger partial charge on any atom is -0.451 e. The van der Waals surface area contributed by atoms with Gasteiger partial charge in [0, 0.05) is 37.3 Å². The van der Waals surface area contributed by atoms with Gasteiger partial charge in [-0.2, -0.15) is 0 Å². The quantitative estimate of drug-likeness (QED) is 0.806. The predicted octanol–water partition coefficient (Wildman–Crippen LogP) is 3.62. The van der Waals surface area contributed by atoms with Crippen molar-refractivity contribution in [2.24, 2.45) is 5.73 Å². The predicted molar refractivity (Wildman–Crippen MR) is 106 cm³/mol. The standard InChI is InChI=1S/C18H23N3O4.C2H6/c1-2-3-10-24-18(23)21-8-6-20(7-9-21)14-4-5-15-13(11-14)12-16(25-15)17(19)22;1-2/h4-5,11-12H,2-3,6-10H2,1H3,(H2,19,22);1-2H3. The van der Waals surface area contributed by atoms with Crippen LogP contribution in [0.5, 0.6) is 0 Å². The van der Waals surface area contributed by atoms with Crippen molar-refractivity contribution < 1.29 is 18.7 Å². The molecule has 0 bridgehead atoms. The highest BCUT2D eigenvalue weighted by atomic mass is 16.6. The van der Waals surface area contributed by atoms with E-state index >= 15 is 0 Å². The molecule has 0 unspecified atom stereocenters. The Morgan fingerprint density at radius 3 is 2.48 bits per heavy atom. The van der Waals surface area contributed by atoms with Gasteiger partial charge in [0.1, 0.15) is 5.58 Å². The Hall–Kier alpha value is -2.70. The van der Waals surface area contributed by atoms with Crippen LogP contribution in [0, 0.1) is 0 Å². The van der Waals surface area contributed by atoms with E-state index in [-0.39, 0.29) is 11.9 Å². The van der Waals surface area contributed by atoms with Gasteiger partial charge in [-0.15, -0.1) is 0 Å². The van der Waals surface area contributed by atoms with Crippen LogP contribution in [0.2, 0.25) is 0 Å². The van der Waals surface area contributed by atoms with Gasteiger partial charge in [0.15, 0.2) is 5.76 Å². The zero-order valence-corrected chi connectivity index (χ0v) is 16.4. The molecule has 1 saturated heterocycles. The zero-order chi connectivity index (χ0) is 19.8. The number of anilines is 1. The van der Waals surface area contributed by atoms with Crippen LogP contribution in [0.3, 0.4) is 0 Å². The highest BCUT2D eigenvalue weighted by Gasteiger charge is 2.22. The number of fused-ring (bicyclic) bond motifs is 1. The Balaban J connectivity index is 0.00000126. The summed E-state index contributed by atoms with van der Waals surface area (Å²) in [5.41, 5.74) is 6.92. The molecule has 0 spiro atoms. The third-order valence-corrected chi connectivity index (χ3v) is 4.37. The molecule has 1 aliphatic heterocycles. The normalized spacial score (nSPS) is 13.9. The molecule has 0 saturated carbocycles. The third-order valence-electron chi connectivity index (χ3n) is 4.37. The molecular formula is C20H29N3O4. The zero-order valence-electron chi connectivity index (χ0n) is 16.4. The van der Waals surface area contributed by atoms with Gasteiger partial charge < -0.3 is 24.7 Å². The molecule has 1 aromatic heterocycles. The Bertz CT molecular complexity index is 764. The Labute approximate surface area is 160 Å². The Kier molecular flexibility index (Phi) is 7.52. The first-order valence-corrected chi connectivity index (χ1v) is 9.58. The average molecular weight is 375 g/mol. The molecule has 0 aliphatic carbocycles. The largest absolute Gasteiger partial charge is 0.451 e. The minimum atomic E-state index is -0.576. The molecular weight excluding hydrogens is 346 g/mol. The molecule has 7 heteroatoms. The molecule has 2 heterocycles. The van der Waals surface area contributed by atoms with Crippen LogP contribution >= 0.6 is 0 Å². The van der Waals surface area contributed by atoms with E-state index < -0.39 is 5.91 Å². The highest BCUT2D eigenvalue weighted by molar-refractivity contribution is 5.95. The van der Waals surface area contributed by atoms with Crippen molar-refractivity contribution in [3.8, 4) is 0 Å². The molecule has 2 aromatic rings. The van der Waals surface area contributed by atoms with Crippen molar-refractivity contribution in [3.63, 3.8) is 0 Å². The maximum absolute atomic E-state index is 12.0. The van der Waals surface area contributed by atoms with Gasteiger partial charge in [0.05, 0.1) is 6.61 Å². The lowest BCUT2D eigenvalue weighted by Crippen LogP contribution is -2.49. The number of rotatable bonds is 5. The number of primary amides is 1. The van der Waals surface area contributed by atoms with Gasteiger partial charge in [-0.1, -0.05) is 27.2 Å². The van der Waals surface area contributed by atoms with E-state index in [2.05, 4.69) is 11.8 Å². The smallest absolute Gasteiger partial charge is 0.409 e. The van der Waals surface area contributed by atoms with Crippen LogP contribution in [0.1, 0.15) is 44.2 Å². The fourth-order valence-corrected chi connectivity index (χ4v) is 2.89. The van der Waals surface area contributed by atoms with Crippen molar-refractivity contribution in [2.45, 2.75) is 33.6 Å². The Morgan fingerprint density at radius 1 is 1.15 bits per heavy atom. The minimum absolute atomic E-state index is 0.159. The third kappa shape index (κ3) is 5.15. The van der Waals surface area contributed by atoms with E-state index in [1.165, 1.54) is 0 Å². The van der Waals surface area contributed by atoms with Gasteiger partial charge in [0.25, 0.3) is 5.91 Å². The molecule has 0 radical (unpaired) electrons. The lowest BCUT2D eigenvalue weighted by Gasteiger charge is -2.35. The van der Waals surface area contributed by atoms with Gasteiger partial charge in [-0.25, -0.2) is 4.79 Å². The monoisotopic (exact) mass is 375 g/mol. The number of unbranched alkanes of at least 4 members (excludes halogenated alkanes) is 1. The summed E-state index contributed by atoms with van der Waals surface area (Å²) in [6, 6.07) is 7.41. The summed E-state index contributed by atoms with van der Waals surface area (Å²) in [6.45, 7) is 9.26. The van der Waals surface area contributed by atoms with E-state index in [4.69, 9.17) is 14.9 Å². The van der Waals surface area contributed by atoms with Gasteiger partial charge in [-0.05, 0) is 30.7 Å². The van der Waals surface area contributed by atoms with Crippen molar-refractivity contribution in [1.29, 1.82) is 0 Å². The van der Waals surface area contributed by atoms with E-state index in [0.29, 0.717) is 25.3 Å². The molecule has 2 N–H and O–H groups in total. The number of piperazine rings is 1. The van der Waals surface area contributed by atoms with Crippen LogP contribution in [0.4, 0.5) is 10.5 Å². The molecule has 2 amide bonds. The van der Waals surface area contributed by atoms with E-state index in [9.17, 15) is 9.59 Å². The summed E-state index contributed by atoms with van der Waals surface area (Å²) < 4.78 is 10.7. The SMILES string of the molecule is CC.CCCCOC(=O)N1CCN(c2ccc3oc(C(N)=O)cc3c2)CC1. The molecule has 3 rings (SSSR count). The molecule has 27 heavy (non-hydrogen) atoms. The van der Waals surface area contributed by atoms with E-state index in [1.54, 1.807) is 11.0 Å². The van der Waals surface area contributed by atoms with E-state index in [0.717, 1.165) is 37.0 Å². The number of hydrogen-bond donors (Lipinski definition) is 1. The summed E-state index contributed by atoms with van der Waals surface area (Å²) in [4.78, 5) is 27.2. The number of ether oxygens (including phenoxy) is 1. The molecule has 0 atom stereocenters. The molecule has 1 aliphatic rings. The van der Waals surface area contributed by atoms with Crippen LogP contribution in [0.25, 0.3) is 11.0 Å². The number of carbonyl (C=O) groups excluding carboxylic acids is 2. The summed E-state index contributed by atoms with van der Waals surface area (Å²) in [6.07, 6.45) is 1.67. The molecule has 1 aromatic carbocycles. The molecule has 7 nitrogen and oxygen atoms in total. The first-order chi connectivity index (χ1) is 13.1. The Morgan fingerprint density at radius 2 is 1.85 bits per heavy atom. The first kappa shape index (κ1) is 20.6. The topological polar surface area (TPSA) is 89.0 Å². The van der Waals surface area contributed by atoms with Crippen LogP contribution in [-0.2, 0) is 4.74 Å². The fourth-order valence-electron chi connectivity index (χ4n) is 2.89. The lowest BCUT2D eigenvalue weighted by molar-refractivity contribution is 0.0972. The number of benzene rings is 1. The summed E-state index contributed by atoms with van der Waals surface area (Å²) in [5, 5.41) is 0.840. The first-order valence-electron chi connectivity index (χ1n) is 9.58. The number of nitrogens with two attached hydrogens (primary N) is 1. The highest BCUT2D eigenvalue weighted by Crippen LogP contribution is 2.26. The van der Waals surface area contributed by atoms with Crippen LogP contribution in [-0.4, -0.2) is 49.7 Å². The second-order valence-corrected chi connectivity index (χ2v) is 6.14. The van der Waals surface area contributed by atoms with Crippen molar-refractivity contribution in [2.75, 3.05) is 37.7 Å². The lowest BCUT2D eigenvalue weighted by atomic mass is 10.2. The van der Waals surface area contributed by atoms with Crippen molar-refractivity contribution in [1.82, 2.24) is 4.90 Å². The summed E-state index contributed by atoms with van der Waals surface area (Å²) in [5.74, 6) is -0.417. The maximum atomic E-state index is 12.0.